The van der Waals surface area contributed by atoms with Crippen molar-refractivity contribution < 1.29 is 9.47 Å². The van der Waals surface area contributed by atoms with Crippen LogP contribution in [0, 0.1) is 6.92 Å². The molecule has 3 aromatic rings. The number of ether oxygens (including phenoxy) is 2. The Morgan fingerprint density at radius 1 is 0.889 bits per heavy atom. The summed E-state index contributed by atoms with van der Waals surface area (Å²) in [5.41, 5.74) is 4.11. The Morgan fingerprint density at radius 3 is 2.19 bits per heavy atom. The van der Waals surface area contributed by atoms with Gasteiger partial charge in [-0.3, -0.25) is 9.97 Å². The van der Waals surface area contributed by atoms with Gasteiger partial charge in [0.1, 0.15) is 11.5 Å². The number of aromatic nitrogens is 2. The molecule has 0 fully saturated rings. The van der Waals surface area contributed by atoms with E-state index in [1.54, 1.807) is 7.11 Å². The molecule has 0 aliphatic heterocycles. The maximum Gasteiger partial charge on any atom is 0.134 e. The average molecular weight is 492 g/mol. The molecule has 0 saturated heterocycles. The minimum absolute atomic E-state index is 0.624. The second-order valence-corrected chi connectivity index (χ2v) is 7.85. The molecule has 140 valence electrons. The van der Waals surface area contributed by atoms with Crippen molar-refractivity contribution in [3.8, 4) is 22.9 Å². The van der Waals surface area contributed by atoms with Crippen molar-refractivity contribution >= 4 is 31.9 Å². The predicted octanol–water partition coefficient (Wildman–Crippen LogP) is 6.00. The number of nitrogens with zero attached hydrogens (tertiary/aromatic N) is 2. The van der Waals surface area contributed by atoms with Crippen LogP contribution in [0.3, 0.4) is 0 Å². The van der Waals surface area contributed by atoms with Crippen LogP contribution in [-0.4, -0.2) is 23.7 Å². The third-order valence-electron chi connectivity index (χ3n) is 4.07. The summed E-state index contributed by atoms with van der Waals surface area (Å²) in [5.74, 6) is 1.56. The zero-order chi connectivity index (χ0) is 19.2. The van der Waals surface area contributed by atoms with Gasteiger partial charge in [-0.15, -0.1) is 0 Å². The molecular weight excluding hydrogens is 472 g/mol. The van der Waals surface area contributed by atoms with Gasteiger partial charge in [0.25, 0.3) is 0 Å². The molecule has 3 rings (SSSR count). The van der Waals surface area contributed by atoms with Crippen molar-refractivity contribution in [2.45, 2.75) is 19.8 Å². The largest absolute Gasteiger partial charge is 0.496 e. The first-order valence-electron chi connectivity index (χ1n) is 8.60. The standard InChI is InChI=1S/C21H20Br2N2O2/c1-14-5-7-18(24-12-14)19-8-6-15(13-25-19)4-3-9-27-21-11-16(22)20(26-2)10-17(21)23/h5-8,10-13H,3-4,9H2,1-2H3. The Balaban J connectivity index is 1.52. The van der Waals surface area contributed by atoms with Gasteiger partial charge in [-0.05, 0) is 87.0 Å². The van der Waals surface area contributed by atoms with Crippen LogP contribution in [0.5, 0.6) is 11.5 Å². The zero-order valence-corrected chi connectivity index (χ0v) is 18.4. The molecule has 0 unspecified atom stereocenters. The van der Waals surface area contributed by atoms with E-state index in [9.17, 15) is 0 Å². The Labute approximate surface area is 176 Å². The highest BCUT2D eigenvalue weighted by Gasteiger charge is 2.08. The van der Waals surface area contributed by atoms with Crippen molar-refractivity contribution in [1.29, 1.82) is 0 Å². The second kappa shape index (κ2) is 9.33. The van der Waals surface area contributed by atoms with E-state index in [-0.39, 0.29) is 0 Å². The van der Waals surface area contributed by atoms with E-state index in [1.165, 1.54) is 5.56 Å². The van der Waals surface area contributed by atoms with Crippen molar-refractivity contribution in [3.05, 3.63) is 68.9 Å². The van der Waals surface area contributed by atoms with Crippen LogP contribution in [-0.2, 0) is 6.42 Å². The van der Waals surface area contributed by atoms with Crippen LogP contribution in [0.1, 0.15) is 17.5 Å². The average Bonchev–Trinajstić information content (AvgIpc) is 2.68. The van der Waals surface area contributed by atoms with Crippen molar-refractivity contribution in [2.24, 2.45) is 0 Å². The lowest BCUT2D eigenvalue weighted by atomic mass is 10.1. The maximum absolute atomic E-state index is 5.88. The number of benzene rings is 1. The summed E-state index contributed by atoms with van der Waals surface area (Å²) in [5, 5.41) is 0. The molecule has 0 amide bonds. The summed E-state index contributed by atoms with van der Waals surface area (Å²) in [4.78, 5) is 8.94. The van der Waals surface area contributed by atoms with Crippen molar-refractivity contribution in [2.75, 3.05) is 13.7 Å². The first kappa shape index (κ1) is 19.8. The lowest BCUT2D eigenvalue weighted by molar-refractivity contribution is 0.308. The lowest BCUT2D eigenvalue weighted by Gasteiger charge is -2.11. The highest BCUT2D eigenvalue weighted by molar-refractivity contribution is 9.11. The molecule has 0 bridgehead atoms. The van der Waals surface area contributed by atoms with Crippen LogP contribution in [0.2, 0.25) is 0 Å². The van der Waals surface area contributed by atoms with E-state index in [1.807, 2.05) is 49.6 Å². The number of hydrogen-bond acceptors (Lipinski definition) is 4. The van der Waals surface area contributed by atoms with Crippen LogP contribution >= 0.6 is 31.9 Å². The summed E-state index contributed by atoms with van der Waals surface area (Å²) in [6, 6.07) is 12.0. The molecule has 0 saturated carbocycles. The Morgan fingerprint density at radius 2 is 1.56 bits per heavy atom. The molecule has 0 aliphatic carbocycles. The fourth-order valence-corrected chi connectivity index (χ4v) is 3.50. The van der Waals surface area contributed by atoms with Gasteiger partial charge in [0, 0.05) is 12.4 Å². The first-order chi connectivity index (χ1) is 13.1. The van der Waals surface area contributed by atoms with Gasteiger partial charge in [0.15, 0.2) is 0 Å². The summed E-state index contributed by atoms with van der Waals surface area (Å²) in [6.07, 6.45) is 5.58. The number of halogens is 2. The van der Waals surface area contributed by atoms with Crippen LogP contribution < -0.4 is 9.47 Å². The predicted molar refractivity (Wildman–Crippen MR) is 114 cm³/mol. The van der Waals surface area contributed by atoms with E-state index in [4.69, 9.17) is 9.47 Å². The van der Waals surface area contributed by atoms with E-state index in [2.05, 4.69) is 47.9 Å². The SMILES string of the molecule is COc1cc(Br)c(OCCCc2ccc(-c3ccc(C)cn3)nc2)cc1Br. The van der Waals surface area contributed by atoms with E-state index >= 15 is 0 Å². The molecule has 0 N–H and O–H groups in total. The van der Waals surface area contributed by atoms with Gasteiger partial charge in [-0.25, -0.2) is 0 Å². The number of aryl methyl sites for hydroxylation is 2. The van der Waals surface area contributed by atoms with Gasteiger partial charge < -0.3 is 9.47 Å². The number of methoxy groups -OCH3 is 1. The summed E-state index contributed by atoms with van der Waals surface area (Å²) in [7, 11) is 1.64. The van der Waals surface area contributed by atoms with Crippen LogP contribution in [0.25, 0.3) is 11.4 Å². The summed E-state index contributed by atoms with van der Waals surface area (Å²) < 4.78 is 12.9. The van der Waals surface area contributed by atoms with E-state index < -0.39 is 0 Å². The molecule has 6 heteroatoms. The molecule has 2 aromatic heterocycles. The van der Waals surface area contributed by atoms with Crippen molar-refractivity contribution in [3.63, 3.8) is 0 Å². The lowest BCUT2D eigenvalue weighted by Crippen LogP contribution is -2.01. The van der Waals surface area contributed by atoms with Gasteiger partial charge in [-0.1, -0.05) is 12.1 Å². The Hall–Kier alpha value is -1.92. The second-order valence-electron chi connectivity index (χ2n) is 6.14. The van der Waals surface area contributed by atoms with Crippen LogP contribution in [0.4, 0.5) is 0 Å². The molecule has 1 aromatic carbocycles. The molecule has 0 spiro atoms. The Bertz CT molecular complexity index is 897. The number of pyridine rings is 2. The normalized spacial score (nSPS) is 10.7. The third-order valence-corrected chi connectivity index (χ3v) is 5.31. The first-order valence-corrected chi connectivity index (χ1v) is 10.2. The maximum atomic E-state index is 5.88. The zero-order valence-electron chi connectivity index (χ0n) is 15.2. The molecule has 0 aliphatic rings. The molecule has 27 heavy (non-hydrogen) atoms. The molecule has 4 nitrogen and oxygen atoms in total. The van der Waals surface area contributed by atoms with Gasteiger partial charge in [0.2, 0.25) is 0 Å². The number of hydrogen-bond donors (Lipinski definition) is 0. The van der Waals surface area contributed by atoms with Crippen LogP contribution in [0.15, 0.2) is 57.7 Å². The minimum atomic E-state index is 0.624. The number of rotatable bonds is 7. The molecular formula is C21H20Br2N2O2. The minimum Gasteiger partial charge on any atom is -0.496 e. The third kappa shape index (κ3) is 5.30. The van der Waals surface area contributed by atoms with E-state index in [0.29, 0.717) is 6.61 Å². The van der Waals surface area contributed by atoms with Gasteiger partial charge in [-0.2, -0.15) is 0 Å². The van der Waals surface area contributed by atoms with Crippen molar-refractivity contribution in [1.82, 2.24) is 9.97 Å². The topological polar surface area (TPSA) is 44.2 Å². The molecule has 0 atom stereocenters. The highest BCUT2D eigenvalue weighted by Crippen LogP contribution is 2.36. The van der Waals surface area contributed by atoms with Gasteiger partial charge >= 0.3 is 0 Å². The summed E-state index contributed by atoms with van der Waals surface area (Å²) in [6.45, 7) is 2.65. The van der Waals surface area contributed by atoms with E-state index in [0.717, 1.165) is 50.2 Å². The smallest absolute Gasteiger partial charge is 0.134 e. The van der Waals surface area contributed by atoms with Gasteiger partial charge in [0.05, 0.1) is 34.0 Å². The highest BCUT2D eigenvalue weighted by atomic mass is 79.9. The molecule has 0 radical (unpaired) electrons. The summed E-state index contributed by atoms with van der Waals surface area (Å²) >= 11 is 6.99. The molecule has 2 heterocycles. The quantitative estimate of drug-likeness (QED) is 0.380. The monoisotopic (exact) mass is 490 g/mol. The fourth-order valence-electron chi connectivity index (χ4n) is 2.58. The Kier molecular flexibility index (Phi) is 6.85. The fraction of sp³-hybridized carbons (Fsp3) is 0.238.